The molecule has 0 aliphatic carbocycles. The zero-order valence-electron chi connectivity index (χ0n) is 11.6. The van der Waals surface area contributed by atoms with Gasteiger partial charge in [-0.2, -0.15) is 0 Å². The highest BCUT2D eigenvalue weighted by Gasteiger charge is 2.28. The molecule has 1 aromatic rings. The molecule has 1 fully saturated rings. The number of aromatic nitrogens is 1. The molecular formula is C14H24N4. The van der Waals surface area contributed by atoms with Gasteiger partial charge in [0.25, 0.3) is 0 Å². The lowest BCUT2D eigenvalue weighted by Gasteiger charge is -2.43. The van der Waals surface area contributed by atoms with Crippen molar-refractivity contribution in [1.82, 2.24) is 20.1 Å². The quantitative estimate of drug-likeness (QED) is 0.854. The predicted molar refractivity (Wildman–Crippen MR) is 74.5 cm³/mol. The molecule has 1 aliphatic rings. The van der Waals surface area contributed by atoms with Gasteiger partial charge in [-0.05, 0) is 33.2 Å². The monoisotopic (exact) mass is 248 g/mol. The Hall–Kier alpha value is -0.970. The highest BCUT2D eigenvalue weighted by atomic mass is 15.3. The van der Waals surface area contributed by atoms with Crippen molar-refractivity contribution in [3.8, 4) is 0 Å². The molecule has 0 spiro atoms. The highest BCUT2D eigenvalue weighted by molar-refractivity contribution is 5.04. The molecule has 100 valence electrons. The Bertz CT molecular complexity index is 354. The smallest absolute Gasteiger partial charge is 0.0543 e. The fourth-order valence-corrected chi connectivity index (χ4v) is 2.66. The van der Waals surface area contributed by atoms with Crippen LogP contribution in [0.25, 0.3) is 0 Å². The Morgan fingerprint density at radius 2 is 2.22 bits per heavy atom. The van der Waals surface area contributed by atoms with Crippen molar-refractivity contribution in [3.05, 3.63) is 30.1 Å². The molecule has 18 heavy (non-hydrogen) atoms. The van der Waals surface area contributed by atoms with E-state index >= 15 is 0 Å². The van der Waals surface area contributed by atoms with E-state index in [1.165, 1.54) is 0 Å². The van der Waals surface area contributed by atoms with Crippen LogP contribution in [0.4, 0.5) is 0 Å². The Kier molecular flexibility index (Phi) is 4.69. The molecule has 2 rings (SSSR count). The van der Waals surface area contributed by atoms with Crippen LogP contribution in [0.15, 0.2) is 24.4 Å². The van der Waals surface area contributed by atoms with Crippen LogP contribution in [0.2, 0.25) is 0 Å². The molecule has 1 N–H and O–H groups in total. The van der Waals surface area contributed by atoms with E-state index in [-0.39, 0.29) is 0 Å². The lowest BCUT2D eigenvalue weighted by Crippen LogP contribution is -2.58. The standard InChI is InChI=1S/C14H24N4/c1-12-9-18(10-13-6-4-5-7-16-13)11-14(8-15-2)17(12)3/h4-7,12,14-15H,8-11H2,1-3H3. The van der Waals surface area contributed by atoms with Gasteiger partial charge in [0, 0.05) is 44.5 Å². The van der Waals surface area contributed by atoms with E-state index in [1.54, 1.807) is 0 Å². The van der Waals surface area contributed by atoms with Crippen molar-refractivity contribution in [1.29, 1.82) is 0 Å². The van der Waals surface area contributed by atoms with Gasteiger partial charge in [-0.3, -0.25) is 14.8 Å². The molecule has 2 unspecified atom stereocenters. The number of pyridine rings is 1. The summed E-state index contributed by atoms with van der Waals surface area (Å²) < 4.78 is 0. The van der Waals surface area contributed by atoms with Crippen LogP contribution in [0.5, 0.6) is 0 Å². The first kappa shape index (κ1) is 13.5. The first-order chi connectivity index (χ1) is 8.70. The minimum atomic E-state index is 0.586. The molecule has 2 heterocycles. The Balaban J connectivity index is 1.97. The third-order valence-corrected chi connectivity index (χ3v) is 3.81. The van der Waals surface area contributed by atoms with Gasteiger partial charge in [-0.15, -0.1) is 0 Å². The second kappa shape index (κ2) is 6.27. The summed E-state index contributed by atoms with van der Waals surface area (Å²) in [7, 11) is 4.25. The average molecular weight is 248 g/mol. The molecule has 0 bridgehead atoms. The molecule has 4 nitrogen and oxygen atoms in total. The van der Waals surface area contributed by atoms with Crippen molar-refractivity contribution in [2.75, 3.05) is 33.7 Å². The maximum atomic E-state index is 4.42. The SMILES string of the molecule is CNCC1CN(Cc2ccccn2)CC(C)N1C. The zero-order valence-corrected chi connectivity index (χ0v) is 11.6. The number of rotatable bonds is 4. The Morgan fingerprint density at radius 3 is 2.89 bits per heavy atom. The molecule has 2 atom stereocenters. The van der Waals surface area contributed by atoms with Crippen molar-refractivity contribution in [3.63, 3.8) is 0 Å². The first-order valence-electron chi connectivity index (χ1n) is 6.69. The number of hydrogen-bond acceptors (Lipinski definition) is 4. The summed E-state index contributed by atoms with van der Waals surface area (Å²) in [5, 5.41) is 3.29. The third kappa shape index (κ3) is 3.28. The van der Waals surface area contributed by atoms with Gasteiger partial charge in [0.05, 0.1) is 5.69 Å². The van der Waals surface area contributed by atoms with Gasteiger partial charge in [-0.25, -0.2) is 0 Å². The van der Waals surface area contributed by atoms with Crippen LogP contribution >= 0.6 is 0 Å². The van der Waals surface area contributed by atoms with Crippen molar-refractivity contribution in [2.45, 2.75) is 25.6 Å². The normalized spacial score (nSPS) is 26.4. The zero-order chi connectivity index (χ0) is 13.0. The fraction of sp³-hybridized carbons (Fsp3) is 0.643. The minimum Gasteiger partial charge on any atom is -0.318 e. The highest BCUT2D eigenvalue weighted by Crippen LogP contribution is 2.15. The molecular weight excluding hydrogens is 224 g/mol. The van der Waals surface area contributed by atoms with E-state index < -0.39 is 0 Å². The molecule has 0 aromatic carbocycles. The third-order valence-electron chi connectivity index (χ3n) is 3.81. The number of nitrogens with one attached hydrogen (secondary N) is 1. The van der Waals surface area contributed by atoms with Crippen molar-refractivity contribution in [2.24, 2.45) is 0 Å². The van der Waals surface area contributed by atoms with Crippen molar-refractivity contribution >= 4 is 0 Å². The van der Waals surface area contributed by atoms with E-state index in [1.807, 2.05) is 19.3 Å². The lowest BCUT2D eigenvalue weighted by atomic mass is 10.1. The molecule has 0 radical (unpaired) electrons. The summed E-state index contributed by atoms with van der Waals surface area (Å²) in [6, 6.07) is 7.33. The van der Waals surface area contributed by atoms with Gasteiger partial charge in [-0.1, -0.05) is 6.07 Å². The van der Waals surface area contributed by atoms with Crippen molar-refractivity contribution < 1.29 is 0 Å². The number of piperazine rings is 1. The number of hydrogen-bond donors (Lipinski definition) is 1. The topological polar surface area (TPSA) is 31.4 Å². The summed E-state index contributed by atoms with van der Waals surface area (Å²) in [4.78, 5) is 9.40. The summed E-state index contributed by atoms with van der Waals surface area (Å²) in [5.74, 6) is 0. The summed E-state index contributed by atoms with van der Waals surface area (Å²) in [5.41, 5.74) is 1.16. The lowest BCUT2D eigenvalue weighted by molar-refractivity contribution is 0.0473. The van der Waals surface area contributed by atoms with E-state index in [2.05, 4.69) is 46.2 Å². The summed E-state index contributed by atoms with van der Waals surface area (Å²) >= 11 is 0. The maximum Gasteiger partial charge on any atom is 0.0543 e. The molecule has 1 saturated heterocycles. The second-order valence-electron chi connectivity index (χ2n) is 5.24. The molecule has 1 aliphatic heterocycles. The minimum absolute atomic E-state index is 0.586. The van der Waals surface area contributed by atoms with Crippen LogP contribution < -0.4 is 5.32 Å². The van der Waals surface area contributed by atoms with Crippen LogP contribution in [0.1, 0.15) is 12.6 Å². The molecule has 0 amide bonds. The summed E-state index contributed by atoms with van der Waals surface area (Å²) in [6.07, 6.45) is 1.87. The van der Waals surface area contributed by atoms with Crippen LogP contribution in [-0.2, 0) is 6.54 Å². The first-order valence-corrected chi connectivity index (χ1v) is 6.69. The van der Waals surface area contributed by atoms with Gasteiger partial charge in [0.15, 0.2) is 0 Å². The molecule has 4 heteroatoms. The van der Waals surface area contributed by atoms with Crippen LogP contribution in [0.3, 0.4) is 0 Å². The fourth-order valence-electron chi connectivity index (χ4n) is 2.66. The molecule has 1 aromatic heterocycles. The maximum absolute atomic E-state index is 4.42. The van der Waals surface area contributed by atoms with E-state index in [4.69, 9.17) is 0 Å². The van der Waals surface area contributed by atoms with Crippen LogP contribution in [0, 0.1) is 0 Å². The van der Waals surface area contributed by atoms with Gasteiger partial charge in [0.1, 0.15) is 0 Å². The largest absolute Gasteiger partial charge is 0.318 e. The van der Waals surface area contributed by atoms with Gasteiger partial charge in [0.2, 0.25) is 0 Å². The van der Waals surface area contributed by atoms with E-state index in [0.717, 1.165) is 31.9 Å². The molecule has 0 saturated carbocycles. The number of nitrogens with zero attached hydrogens (tertiary/aromatic N) is 3. The Morgan fingerprint density at radius 1 is 1.39 bits per heavy atom. The second-order valence-corrected chi connectivity index (χ2v) is 5.24. The Labute approximate surface area is 110 Å². The van der Waals surface area contributed by atoms with Gasteiger partial charge < -0.3 is 5.32 Å². The predicted octanol–water partition coefficient (Wildman–Crippen LogP) is 0.805. The van der Waals surface area contributed by atoms with Gasteiger partial charge >= 0.3 is 0 Å². The average Bonchev–Trinajstić information content (AvgIpc) is 2.37. The van der Waals surface area contributed by atoms with Crippen LogP contribution in [-0.4, -0.2) is 60.6 Å². The number of likely N-dealkylation sites (N-methyl/N-ethyl adjacent to an activating group) is 2. The van der Waals surface area contributed by atoms with E-state index in [0.29, 0.717) is 12.1 Å². The van der Waals surface area contributed by atoms with E-state index in [9.17, 15) is 0 Å². The summed E-state index contributed by atoms with van der Waals surface area (Å²) in [6.45, 7) is 6.53.